The van der Waals surface area contributed by atoms with Crippen LogP contribution >= 0.6 is 12.4 Å². The number of hydrogen-bond acceptors (Lipinski definition) is 5. The maximum absolute atomic E-state index is 12.2. The molecule has 0 aromatic carbocycles. The Bertz CT molecular complexity index is 933. The average molecular weight is 411 g/mol. The predicted octanol–water partition coefficient (Wildman–Crippen LogP) is 2.07. The molecule has 3 N–H and O–H groups in total. The highest BCUT2D eigenvalue weighted by Crippen LogP contribution is 2.36. The number of carbonyl (C=O) groups is 1. The Morgan fingerprint density at radius 3 is 2.64 bits per heavy atom. The zero-order valence-corrected chi connectivity index (χ0v) is 17.2. The third-order valence-corrected chi connectivity index (χ3v) is 5.05. The number of rotatable bonds is 6. The molecule has 2 heterocycles. The number of imidazole rings is 1. The summed E-state index contributed by atoms with van der Waals surface area (Å²) in [5.74, 6) is -0.904. The number of aromatic nitrogens is 3. The molecule has 2 aromatic heterocycles. The molecule has 9 heteroatoms. The van der Waals surface area contributed by atoms with Crippen molar-refractivity contribution in [3.05, 3.63) is 33.0 Å². The second kappa shape index (κ2) is 8.79. The van der Waals surface area contributed by atoms with Crippen molar-refractivity contribution in [1.29, 1.82) is 0 Å². The number of fused-ring (bicyclic) bond motifs is 3. The SMILES string of the molecule is CCn1c(CCCN(C)C)nc2c1CCCc1c-2[nH]c(=O)c(C(=O)O)c1O.Cl. The van der Waals surface area contributed by atoms with Crippen LogP contribution in [0.15, 0.2) is 4.79 Å². The van der Waals surface area contributed by atoms with E-state index in [-0.39, 0.29) is 12.4 Å². The maximum Gasteiger partial charge on any atom is 0.345 e. The Morgan fingerprint density at radius 1 is 1.32 bits per heavy atom. The molecule has 0 spiro atoms. The van der Waals surface area contributed by atoms with Gasteiger partial charge in [0.15, 0.2) is 5.56 Å². The van der Waals surface area contributed by atoms with Crippen LogP contribution < -0.4 is 5.56 Å². The number of H-pyrrole nitrogens is 1. The summed E-state index contributed by atoms with van der Waals surface area (Å²) < 4.78 is 2.18. The van der Waals surface area contributed by atoms with Crippen LogP contribution in [0, 0.1) is 0 Å². The number of aromatic hydroxyl groups is 1. The van der Waals surface area contributed by atoms with E-state index in [2.05, 4.69) is 21.4 Å². The summed E-state index contributed by atoms with van der Waals surface area (Å²) in [6, 6.07) is 0. The van der Waals surface area contributed by atoms with Gasteiger partial charge in [-0.15, -0.1) is 12.4 Å². The lowest BCUT2D eigenvalue weighted by atomic mass is 10.0. The van der Waals surface area contributed by atoms with E-state index in [9.17, 15) is 19.8 Å². The van der Waals surface area contributed by atoms with Gasteiger partial charge in [0.05, 0.1) is 5.69 Å². The molecule has 28 heavy (non-hydrogen) atoms. The van der Waals surface area contributed by atoms with Crippen LogP contribution in [0.5, 0.6) is 5.75 Å². The summed E-state index contributed by atoms with van der Waals surface area (Å²) in [5, 5.41) is 19.7. The Labute approximate surface area is 169 Å². The smallest absolute Gasteiger partial charge is 0.345 e. The van der Waals surface area contributed by atoms with Gasteiger partial charge in [-0.25, -0.2) is 9.78 Å². The molecule has 1 aliphatic rings. The number of nitrogens with one attached hydrogen (secondary N) is 1. The highest BCUT2D eigenvalue weighted by Gasteiger charge is 2.28. The van der Waals surface area contributed by atoms with Crippen molar-refractivity contribution in [2.45, 2.75) is 45.6 Å². The average Bonchev–Trinajstić information content (AvgIpc) is 2.83. The zero-order chi connectivity index (χ0) is 19.7. The van der Waals surface area contributed by atoms with Crippen LogP contribution in [0.1, 0.15) is 47.2 Å². The lowest BCUT2D eigenvalue weighted by molar-refractivity contribution is 0.0691. The highest BCUT2D eigenvalue weighted by molar-refractivity contribution is 5.92. The summed E-state index contributed by atoms with van der Waals surface area (Å²) in [4.78, 5) is 33.2. The third kappa shape index (κ3) is 3.93. The Balaban J connectivity index is 0.00000280. The van der Waals surface area contributed by atoms with Crippen molar-refractivity contribution in [2.24, 2.45) is 0 Å². The lowest BCUT2D eigenvalue weighted by Gasteiger charge is -2.11. The molecular weight excluding hydrogens is 384 g/mol. The summed E-state index contributed by atoms with van der Waals surface area (Å²) >= 11 is 0. The number of hydrogen-bond donors (Lipinski definition) is 3. The number of aromatic amines is 1. The van der Waals surface area contributed by atoms with Gasteiger partial charge in [0.25, 0.3) is 5.56 Å². The van der Waals surface area contributed by atoms with E-state index in [4.69, 9.17) is 4.98 Å². The summed E-state index contributed by atoms with van der Waals surface area (Å²) in [6.07, 6.45) is 3.80. The van der Waals surface area contributed by atoms with Crippen LogP contribution in [0.25, 0.3) is 11.4 Å². The van der Waals surface area contributed by atoms with Gasteiger partial charge < -0.3 is 24.7 Å². The first-order valence-electron chi connectivity index (χ1n) is 9.29. The number of carboxylic acids is 1. The number of carboxylic acid groups (broad SMARTS) is 1. The molecule has 0 saturated carbocycles. The van der Waals surface area contributed by atoms with E-state index in [0.717, 1.165) is 50.3 Å². The number of nitrogens with zero attached hydrogens (tertiary/aromatic N) is 3. The van der Waals surface area contributed by atoms with Crippen molar-refractivity contribution < 1.29 is 15.0 Å². The number of pyridine rings is 1. The van der Waals surface area contributed by atoms with E-state index in [1.54, 1.807) is 0 Å². The van der Waals surface area contributed by atoms with Gasteiger partial charge in [0.2, 0.25) is 0 Å². The van der Waals surface area contributed by atoms with Crippen molar-refractivity contribution in [1.82, 2.24) is 19.4 Å². The Kier molecular flexibility index (Phi) is 6.90. The maximum atomic E-state index is 12.2. The van der Waals surface area contributed by atoms with E-state index < -0.39 is 22.8 Å². The highest BCUT2D eigenvalue weighted by atomic mass is 35.5. The van der Waals surface area contributed by atoms with Crippen molar-refractivity contribution >= 4 is 18.4 Å². The van der Waals surface area contributed by atoms with Crippen LogP contribution in [0.4, 0.5) is 0 Å². The van der Waals surface area contributed by atoms with Crippen LogP contribution in [-0.2, 0) is 25.8 Å². The van der Waals surface area contributed by atoms with Crippen molar-refractivity contribution in [3.63, 3.8) is 0 Å². The van der Waals surface area contributed by atoms with Crippen molar-refractivity contribution in [2.75, 3.05) is 20.6 Å². The van der Waals surface area contributed by atoms with Crippen LogP contribution in [-0.4, -0.2) is 56.3 Å². The van der Waals surface area contributed by atoms with E-state index >= 15 is 0 Å². The van der Waals surface area contributed by atoms with Gasteiger partial charge in [0, 0.05) is 24.2 Å². The fourth-order valence-corrected chi connectivity index (χ4v) is 3.81. The first kappa shape index (κ1) is 22.0. The minimum atomic E-state index is -1.43. The van der Waals surface area contributed by atoms with E-state index in [0.29, 0.717) is 23.4 Å². The van der Waals surface area contributed by atoms with Gasteiger partial charge in [-0.2, -0.15) is 0 Å². The lowest BCUT2D eigenvalue weighted by Crippen LogP contribution is -2.20. The summed E-state index contributed by atoms with van der Waals surface area (Å²) in [5.41, 5.74) is 1.22. The van der Waals surface area contributed by atoms with Gasteiger partial charge in [-0.3, -0.25) is 4.79 Å². The minimum absolute atomic E-state index is 0. The standard InChI is InChI=1S/C19H26N4O4.ClH/c1-4-23-12-8-5-7-11-15(21-18(25)14(17(11)24)19(26)27)16(12)20-13(23)9-6-10-22(2)3;/h4-10H2,1-3H3,(H,26,27)(H2,21,24,25);1H. The minimum Gasteiger partial charge on any atom is -0.506 e. The molecular formula is C19H27ClN4O4. The predicted molar refractivity (Wildman–Crippen MR) is 109 cm³/mol. The number of aromatic carboxylic acids is 1. The second-order valence-corrected chi connectivity index (χ2v) is 7.16. The molecule has 0 fully saturated rings. The van der Waals surface area contributed by atoms with Crippen LogP contribution in [0.2, 0.25) is 0 Å². The zero-order valence-electron chi connectivity index (χ0n) is 16.4. The quantitative estimate of drug-likeness (QED) is 0.672. The molecule has 0 radical (unpaired) electrons. The summed E-state index contributed by atoms with van der Waals surface area (Å²) in [7, 11) is 4.07. The first-order chi connectivity index (χ1) is 12.8. The molecule has 0 bridgehead atoms. The monoisotopic (exact) mass is 410 g/mol. The molecule has 0 saturated heterocycles. The Morgan fingerprint density at radius 2 is 2.04 bits per heavy atom. The molecule has 0 unspecified atom stereocenters. The molecule has 2 aromatic rings. The van der Waals surface area contributed by atoms with Crippen molar-refractivity contribution in [3.8, 4) is 17.1 Å². The molecule has 0 amide bonds. The fourth-order valence-electron chi connectivity index (χ4n) is 3.81. The van der Waals surface area contributed by atoms with Gasteiger partial charge in [0.1, 0.15) is 17.3 Å². The second-order valence-electron chi connectivity index (χ2n) is 7.16. The fraction of sp³-hybridized carbons (Fsp3) is 0.526. The van der Waals surface area contributed by atoms with E-state index in [1.807, 2.05) is 14.1 Å². The van der Waals surface area contributed by atoms with Gasteiger partial charge in [-0.1, -0.05) is 0 Å². The molecule has 0 atom stereocenters. The third-order valence-electron chi connectivity index (χ3n) is 5.05. The topological polar surface area (TPSA) is 111 Å². The Hall–Kier alpha value is -2.32. The molecule has 3 rings (SSSR count). The van der Waals surface area contributed by atoms with E-state index in [1.165, 1.54) is 0 Å². The largest absolute Gasteiger partial charge is 0.506 e. The molecule has 0 aliphatic heterocycles. The van der Waals surface area contributed by atoms with Gasteiger partial charge >= 0.3 is 5.97 Å². The normalized spacial score (nSPS) is 12.9. The molecule has 8 nitrogen and oxygen atoms in total. The molecule has 1 aliphatic carbocycles. The number of aryl methyl sites for hydroxylation is 1. The van der Waals surface area contributed by atoms with Crippen LogP contribution in [0.3, 0.4) is 0 Å². The first-order valence-corrected chi connectivity index (χ1v) is 9.29. The summed E-state index contributed by atoms with van der Waals surface area (Å²) in [6.45, 7) is 3.80. The molecule has 154 valence electrons. The number of halogens is 1. The van der Waals surface area contributed by atoms with Gasteiger partial charge in [-0.05, 0) is 53.2 Å².